The van der Waals surface area contributed by atoms with E-state index in [9.17, 15) is 15.0 Å². The molecule has 0 fully saturated rings. The Hall–Kier alpha value is -1.77. The molecule has 2 rings (SSSR count). The molecule has 23 heavy (non-hydrogen) atoms. The lowest BCUT2D eigenvalue weighted by atomic mass is 10.2. The summed E-state index contributed by atoms with van der Waals surface area (Å²) in [5, 5.41) is 19.3. The van der Waals surface area contributed by atoms with Crippen molar-refractivity contribution in [3.8, 4) is 0 Å². The first-order valence-corrected chi connectivity index (χ1v) is 8.26. The van der Waals surface area contributed by atoms with Crippen molar-refractivity contribution in [1.29, 1.82) is 0 Å². The molecule has 0 saturated carbocycles. The SMILES string of the molecule is CCOC(=O)c1sc2nc(C)nc(N(CCO)CCO)c2c1C. The molecular weight excluding hydrogens is 318 g/mol. The number of hydrogen-bond acceptors (Lipinski definition) is 8. The van der Waals surface area contributed by atoms with Gasteiger partial charge in [-0.1, -0.05) is 0 Å². The Morgan fingerprint density at radius 3 is 2.43 bits per heavy atom. The smallest absolute Gasteiger partial charge is 0.348 e. The van der Waals surface area contributed by atoms with Crippen LogP contribution in [0.5, 0.6) is 0 Å². The second-order valence-corrected chi connectivity index (χ2v) is 5.98. The predicted molar refractivity (Wildman–Crippen MR) is 89.2 cm³/mol. The van der Waals surface area contributed by atoms with Crippen LogP contribution in [0.1, 0.15) is 28.0 Å². The van der Waals surface area contributed by atoms with E-state index in [4.69, 9.17) is 4.74 Å². The van der Waals surface area contributed by atoms with E-state index >= 15 is 0 Å². The molecule has 0 aromatic carbocycles. The Kier molecular flexibility index (Phi) is 5.86. The molecule has 126 valence electrons. The van der Waals surface area contributed by atoms with Gasteiger partial charge in [-0.05, 0) is 26.3 Å². The first-order valence-electron chi connectivity index (χ1n) is 7.45. The quantitative estimate of drug-likeness (QED) is 0.734. The number of fused-ring (bicyclic) bond motifs is 1. The number of aryl methyl sites for hydroxylation is 2. The molecule has 0 aliphatic carbocycles. The second kappa shape index (κ2) is 7.67. The number of nitrogens with zero attached hydrogens (tertiary/aromatic N) is 3. The number of hydrogen-bond donors (Lipinski definition) is 2. The van der Waals surface area contributed by atoms with Gasteiger partial charge in [0.25, 0.3) is 0 Å². The Bertz CT molecular complexity index is 696. The van der Waals surface area contributed by atoms with E-state index in [1.807, 2.05) is 6.92 Å². The van der Waals surface area contributed by atoms with Crippen LogP contribution in [-0.4, -0.2) is 59.1 Å². The number of rotatable bonds is 7. The molecule has 2 aromatic rings. The first-order chi connectivity index (χ1) is 11.0. The van der Waals surface area contributed by atoms with Crippen LogP contribution in [-0.2, 0) is 4.74 Å². The van der Waals surface area contributed by atoms with E-state index in [1.54, 1.807) is 18.7 Å². The lowest BCUT2D eigenvalue weighted by molar-refractivity contribution is 0.0531. The van der Waals surface area contributed by atoms with E-state index in [0.29, 0.717) is 41.0 Å². The Labute approximate surface area is 138 Å². The van der Waals surface area contributed by atoms with Crippen molar-refractivity contribution in [2.45, 2.75) is 20.8 Å². The average molecular weight is 339 g/mol. The van der Waals surface area contributed by atoms with Gasteiger partial charge in [-0.2, -0.15) is 0 Å². The minimum Gasteiger partial charge on any atom is -0.462 e. The molecule has 0 radical (unpaired) electrons. The van der Waals surface area contributed by atoms with Crippen molar-refractivity contribution in [3.05, 3.63) is 16.3 Å². The minimum atomic E-state index is -0.368. The fourth-order valence-electron chi connectivity index (χ4n) is 2.41. The maximum absolute atomic E-state index is 12.1. The summed E-state index contributed by atoms with van der Waals surface area (Å²) in [6.45, 7) is 6.26. The number of aliphatic hydroxyl groups is 2. The van der Waals surface area contributed by atoms with Crippen LogP contribution in [0.25, 0.3) is 10.2 Å². The molecule has 2 aromatic heterocycles. The standard InChI is InChI=1S/C15H21N3O4S/c1-4-22-15(21)12-9(2)11-13(18(5-7-19)6-8-20)16-10(3)17-14(11)23-12/h19-20H,4-8H2,1-3H3. The van der Waals surface area contributed by atoms with Crippen molar-refractivity contribution in [2.75, 3.05) is 37.8 Å². The third-order valence-corrected chi connectivity index (χ3v) is 4.55. The van der Waals surface area contributed by atoms with Crippen LogP contribution in [0.15, 0.2) is 0 Å². The van der Waals surface area contributed by atoms with Crippen LogP contribution >= 0.6 is 11.3 Å². The van der Waals surface area contributed by atoms with Gasteiger partial charge in [-0.25, -0.2) is 14.8 Å². The number of anilines is 1. The molecule has 7 nitrogen and oxygen atoms in total. The van der Waals surface area contributed by atoms with Crippen LogP contribution < -0.4 is 4.90 Å². The number of carbonyl (C=O) groups excluding carboxylic acids is 1. The fraction of sp³-hybridized carbons (Fsp3) is 0.533. The number of thiophene rings is 1. The number of ether oxygens (including phenoxy) is 1. The van der Waals surface area contributed by atoms with E-state index in [1.165, 1.54) is 11.3 Å². The lowest BCUT2D eigenvalue weighted by Crippen LogP contribution is -2.31. The van der Waals surface area contributed by atoms with Crippen molar-refractivity contribution >= 4 is 33.3 Å². The second-order valence-electron chi connectivity index (χ2n) is 4.99. The van der Waals surface area contributed by atoms with Crippen molar-refractivity contribution in [2.24, 2.45) is 0 Å². The number of esters is 1. The Morgan fingerprint density at radius 1 is 1.22 bits per heavy atom. The van der Waals surface area contributed by atoms with Crippen molar-refractivity contribution in [1.82, 2.24) is 9.97 Å². The topological polar surface area (TPSA) is 95.8 Å². The molecular formula is C15H21N3O4S. The van der Waals surface area contributed by atoms with Gasteiger partial charge in [0.05, 0.1) is 25.2 Å². The van der Waals surface area contributed by atoms with E-state index in [-0.39, 0.29) is 19.2 Å². The van der Waals surface area contributed by atoms with Gasteiger partial charge < -0.3 is 19.8 Å². The molecule has 0 aliphatic rings. The fourth-order valence-corrected chi connectivity index (χ4v) is 3.52. The normalized spacial score (nSPS) is 11.0. The molecule has 0 atom stereocenters. The summed E-state index contributed by atoms with van der Waals surface area (Å²) in [5.41, 5.74) is 0.763. The lowest BCUT2D eigenvalue weighted by Gasteiger charge is -2.23. The van der Waals surface area contributed by atoms with Crippen LogP contribution in [0.2, 0.25) is 0 Å². The highest BCUT2D eigenvalue weighted by molar-refractivity contribution is 7.20. The highest BCUT2D eigenvalue weighted by atomic mass is 32.1. The molecule has 0 unspecified atom stereocenters. The summed E-state index contributed by atoms with van der Waals surface area (Å²) in [4.78, 5) is 24.0. The largest absolute Gasteiger partial charge is 0.462 e. The molecule has 0 spiro atoms. The minimum absolute atomic E-state index is 0.0571. The molecule has 0 saturated heterocycles. The number of aliphatic hydroxyl groups excluding tert-OH is 2. The van der Waals surface area contributed by atoms with Crippen molar-refractivity contribution in [3.63, 3.8) is 0 Å². The van der Waals surface area contributed by atoms with Gasteiger partial charge in [0.15, 0.2) is 0 Å². The van der Waals surface area contributed by atoms with Crippen LogP contribution in [0, 0.1) is 13.8 Å². The Morgan fingerprint density at radius 2 is 1.87 bits per heavy atom. The van der Waals surface area contributed by atoms with Gasteiger partial charge in [0.2, 0.25) is 0 Å². The zero-order valence-electron chi connectivity index (χ0n) is 13.5. The summed E-state index contributed by atoms with van der Waals surface area (Å²) in [6.07, 6.45) is 0. The van der Waals surface area contributed by atoms with Gasteiger partial charge in [0.1, 0.15) is 21.3 Å². The zero-order chi connectivity index (χ0) is 17.0. The average Bonchev–Trinajstić information content (AvgIpc) is 2.83. The van der Waals surface area contributed by atoms with Gasteiger partial charge in [-0.3, -0.25) is 0 Å². The molecule has 0 bridgehead atoms. The van der Waals surface area contributed by atoms with Crippen LogP contribution in [0.4, 0.5) is 5.82 Å². The molecule has 2 N–H and O–H groups in total. The Balaban J connectivity index is 2.62. The predicted octanol–water partition coefficient (Wildman–Crippen LogP) is 1.28. The summed E-state index contributed by atoms with van der Waals surface area (Å²) in [5.74, 6) is 0.831. The van der Waals surface area contributed by atoms with Gasteiger partial charge in [0, 0.05) is 13.1 Å². The molecule has 0 aliphatic heterocycles. The summed E-state index contributed by atoms with van der Waals surface area (Å²) >= 11 is 1.28. The third-order valence-electron chi connectivity index (χ3n) is 3.38. The zero-order valence-corrected chi connectivity index (χ0v) is 14.3. The highest BCUT2D eigenvalue weighted by Crippen LogP contribution is 2.35. The monoisotopic (exact) mass is 339 g/mol. The summed E-state index contributed by atoms with van der Waals surface area (Å²) in [6, 6.07) is 0. The molecule has 0 amide bonds. The first kappa shape index (κ1) is 17.6. The summed E-state index contributed by atoms with van der Waals surface area (Å²) in [7, 11) is 0. The van der Waals surface area contributed by atoms with Crippen LogP contribution in [0.3, 0.4) is 0 Å². The maximum Gasteiger partial charge on any atom is 0.348 e. The van der Waals surface area contributed by atoms with Crippen molar-refractivity contribution < 1.29 is 19.7 Å². The number of aromatic nitrogens is 2. The van der Waals surface area contributed by atoms with Gasteiger partial charge >= 0.3 is 5.97 Å². The third kappa shape index (κ3) is 3.60. The number of carbonyl (C=O) groups is 1. The molecule has 8 heteroatoms. The molecule has 2 heterocycles. The maximum atomic E-state index is 12.1. The summed E-state index contributed by atoms with van der Waals surface area (Å²) < 4.78 is 5.09. The van der Waals surface area contributed by atoms with E-state index in [0.717, 1.165) is 10.9 Å². The van der Waals surface area contributed by atoms with E-state index < -0.39 is 0 Å². The van der Waals surface area contributed by atoms with E-state index in [2.05, 4.69) is 9.97 Å². The van der Waals surface area contributed by atoms with Gasteiger partial charge in [-0.15, -0.1) is 11.3 Å². The highest BCUT2D eigenvalue weighted by Gasteiger charge is 2.23.